The Balaban J connectivity index is 1.53. The summed E-state index contributed by atoms with van der Waals surface area (Å²) in [6.45, 7) is 10.4. The number of anilines is 2. The largest absolute Gasteiger partial charge is 0.372 e. The normalized spacial score (nSPS) is 11.9. The predicted octanol–water partition coefficient (Wildman–Crippen LogP) is 6.11. The van der Waals surface area contributed by atoms with E-state index in [4.69, 9.17) is 10.00 Å². The van der Waals surface area contributed by atoms with Gasteiger partial charge in [-0.05, 0) is 68.3 Å². The van der Waals surface area contributed by atoms with Crippen LogP contribution >= 0.6 is 0 Å². The van der Waals surface area contributed by atoms with Crippen molar-refractivity contribution >= 4 is 23.5 Å². The molecule has 5 nitrogen and oxygen atoms in total. The van der Waals surface area contributed by atoms with Crippen LogP contribution in [-0.2, 0) is 4.74 Å². The zero-order chi connectivity index (χ0) is 25.0. The Kier molecular flexibility index (Phi) is 9.92. The molecule has 3 aromatic carbocycles. The lowest BCUT2D eigenvalue weighted by Gasteiger charge is -2.24. The molecule has 35 heavy (non-hydrogen) atoms. The van der Waals surface area contributed by atoms with E-state index in [2.05, 4.69) is 97.3 Å². The summed E-state index contributed by atoms with van der Waals surface area (Å²) in [5, 5.41) is 19.2. The Hall–Kier alpha value is -3.59. The highest BCUT2D eigenvalue weighted by atomic mass is 16.6. The first-order chi connectivity index (χ1) is 17.1. The standard InChI is InChI=1S/C30H35N3O2/c1-4-32(5-2)28-17-11-24(12-18-28)7-8-25-13-19-29(20-14-25)33(6-3)21-22-35-30(34)27-15-9-26(23-31)10-16-27/h7-20,30,34H,4-6,21-22H2,1-3H3/b8-7+. The summed E-state index contributed by atoms with van der Waals surface area (Å²) in [7, 11) is 0. The quantitative estimate of drug-likeness (QED) is 0.256. The van der Waals surface area contributed by atoms with Crippen LogP contribution < -0.4 is 9.80 Å². The lowest BCUT2D eigenvalue weighted by molar-refractivity contribution is -0.0999. The van der Waals surface area contributed by atoms with Crippen LogP contribution in [0.25, 0.3) is 12.2 Å². The summed E-state index contributed by atoms with van der Waals surface area (Å²) in [5.74, 6) is 0. The van der Waals surface area contributed by atoms with Crippen LogP contribution in [0.3, 0.4) is 0 Å². The Labute approximate surface area is 209 Å². The number of likely N-dealkylation sites (N-methyl/N-ethyl adjacent to an activating group) is 1. The minimum atomic E-state index is -1.00. The maximum atomic E-state index is 10.3. The first kappa shape index (κ1) is 26.0. The molecule has 0 spiro atoms. The molecule has 1 unspecified atom stereocenters. The number of rotatable bonds is 12. The second kappa shape index (κ2) is 13.3. The van der Waals surface area contributed by atoms with Crippen molar-refractivity contribution in [3.63, 3.8) is 0 Å². The van der Waals surface area contributed by atoms with Gasteiger partial charge in [-0.3, -0.25) is 0 Å². The molecule has 182 valence electrons. The third-order valence-electron chi connectivity index (χ3n) is 6.09. The van der Waals surface area contributed by atoms with Crippen molar-refractivity contribution in [1.29, 1.82) is 5.26 Å². The number of ether oxygens (including phenoxy) is 1. The van der Waals surface area contributed by atoms with Gasteiger partial charge < -0.3 is 19.6 Å². The minimum absolute atomic E-state index is 0.389. The van der Waals surface area contributed by atoms with Gasteiger partial charge in [-0.25, -0.2) is 0 Å². The Bertz CT molecular complexity index is 1100. The fourth-order valence-electron chi connectivity index (χ4n) is 3.94. The average molecular weight is 470 g/mol. The van der Waals surface area contributed by atoms with Gasteiger partial charge in [0, 0.05) is 43.1 Å². The predicted molar refractivity (Wildman–Crippen MR) is 145 cm³/mol. The third kappa shape index (κ3) is 7.45. The maximum absolute atomic E-state index is 10.3. The molecule has 0 aliphatic heterocycles. The number of aliphatic hydroxyl groups excluding tert-OH is 1. The Morgan fingerprint density at radius 2 is 1.26 bits per heavy atom. The van der Waals surface area contributed by atoms with Crippen LogP contribution in [0.2, 0.25) is 0 Å². The van der Waals surface area contributed by atoms with Crippen LogP contribution in [0, 0.1) is 11.3 Å². The summed E-state index contributed by atoms with van der Waals surface area (Å²) < 4.78 is 5.62. The summed E-state index contributed by atoms with van der Waals surface area (Å²) in [5.41, 5.74) is 5.90. The van der Waals surface area contributed by atoms with E-state index in [-0.39, 0.29) is 0 Å². The van der Waals surface area contributed by atoms with Crippen LogP contribution in [0.4, 0.5) is 11.4 Å². The van der Waals surface area contributed by atoms with E-state index in [0.717, 1.165) is 30.9 Å². The van der Waals surface area contributed by atoms with Crippen molar-refractivity contribution in [3.8, 4) is 6.07 Å². The first-order valence-electron chi connectivity index (χ1n) is 12.3. The molecule has 0 fully saturated rings. The van der Waals surface area contributed by atoms with Gasteiger partial charge in [0.05, 0.1) is 18.2 Å². The maximum Gasteiger partial charge on any atom is 0.181 e. The summed E-state index contributed by atoms with van der Waals surface area (Å²) in [6, 6.07) is 26.0. The highest BCUT2D eigenvalue weighted by Gasteiger charge is 2.10. The van der Waals surface area contributed by atoms with Crippen LogP contribution in [0.15, 0.2) is 72.8 Å². The van der Waals surface area contributed by atoms with Crippen molar-refractivity contribution in [2.45, 2.75) is 27.1 Å². The fraction of sp³-hybridized carbons (Fsp3) is 0.300. The van der Waals surface area contributed by atoms with Gasteiger partial charge in [-0.2, -0.15) is 5.26 Å². The van der Waals surface area contributed by atoms with Gasteiger partial charge in [0.15, 0.2) is 6.29 Å². The number of nitrogens with zero attached hydrogens (tertiary/aromatic N) is 3. The number of benzene rings is 3. The van der Waals surface area contributed by atoms with Crippen LogP contribution in [0.1, 0.15) is 49.3 Å². The van der Waals surface area contributed by atoms with Gasteiger partial charge in [0.25, 0.3) is 0 Å². The molecule has 0 heterocycles. The van der Waals surface area contributed by atoms with E-state index in [0.29, 0.717) is 24.3 Å². The Morgan fingerprint density at radius 3 is 1.71 bits per heavy atom. The van der Waals surface area contributed by atoms with Gasteiger partial charge in [-0.15, -0.1) is 0 Å². The highest BCUT2D eigenvalue weighted by molar-refractivity contribution is 5.71. The lowest BCUT2D eigenvalue weighted by Crippen LogP contribution is -2.27. The van der Waals surface area contributed by atoms with Crippen molar-refractivity contribution in [2.24, 2.45) is 0 Å². The number of aliphatic hydroxyl groups is 1. The molecule has 0 saturated heterocycles. The number of hydrogen-bond donors (Lipinski definition) is 1. The molecule has 1 atom stereocenters. The van der Waals surface area contributed by atoms with Gasteiger partial charge >= 0.3 is 0 Å². The fourth-order valence-corrected chi connectivity index (χ4v) is 3.94. The molecule has 0 radical (unpaired) electrons. The van der Waals surface area contributed by atoms with Crippen molar-refractivity contribution in [1.82, 2.24) is 0 Å². The molecule has 3 aromatic rings. The summed E-state index contributed by atoms with van der Waals surface area (Å²) >= 11 is 0. The number of hydrogen-bond acceptors (Lipinski definition) is 5. The van der Waals surface area contributed by atoms with Gasteiger partial charge in [0.2, 0.25) is 0 Å². The molecular weight excluding hydrogens is 434 g/mol. The molecule has 0 aliphatic carbocycles. The third-order valence-corrected chi connectivity index (χ3v) is 6.09. The molecule has 3 rings (SSSR count). The van der Waals surface area contributed by atoms with Crippen LogP contribution in [-0.4, -0.2) is 37.9 Å². The topological polar surface area (TPSA) is 59.7 Å². The highest BCUT2D eigenvalue weighted by Crippen LogP contribution is 2.20. The molecule has 0 aliphatic rings. The lowest BCUT2D eigenvalue weighted by atomic mass is 10.1. The molecule has 0 saturated carbocycles. The van der Waals surface area contributed by atoms with Crippen molar-refractivity contribution < 1.29 is 9.84 Å². The minimum Gasteiger partial charge on any atom is -0.372 e. The van der Waals surface area contributed by atoms with Gasteiger partial charge in [0.1, 0.15) is 0 Å². The molecule has 5 heteroatoms. The van der Waals surface area contributed by atoms with Crippen LogP contribution in [0.5, 0.6) is 0 Å². The van der Waals surface area contributed by atoms with E-state index in [1.807, 2.05) is 0 Å². The zero-order valence-electron chi connectivity index (χ0n) is 20.9. The van der Waals surface area contributed by atoms with E-state index >= 15 is 0 Å². The summed E-state index contributed by atoms with van der Waals surface area (Å²) in [4.78, 5) is 4.55. The number of nitriles is 1. The van der Waals surface area contributed by atoms with Crippen molar-refractivity contribution in [2.75, 3.05) is 42.6 Å². The summed E-state index contributed by atoms with van der Waals surface area (Å²) in [6.07, 6.45) is 3.26. The average Bonchev–Trinajstić information content (AvgIpc) is 2.91. The molecule has 0 aromatic heterocycles. The first-order valence-corrected chi connectivity index (χ1v) is 12.3. The second-order valence-corrected chi connectivity index (χ2v) is 8.23. The SMILES string of the molecule is CCN(CC)c1ccc(/C=C/c2ccc(N(CC)CCOC(O)c3ccc(C#N)cc3)cc2)cc1. The van der Waals surface area contributed by atoms with Crippen molar-refractivity contribution in [3.05, 3.63) is 95.1 Å². The Morgan fingerprint density at radius 1 is 0.771 bits per heavy atom. The molecule has 1 N–H and O–H groups in total. The smallest absolute Gasteiger partial charge is 0.181 e. The zero-order valence-corrected chi connectivity index (χ0v) is 20.9. The van der Waals surface area contributed by atoms with E-state index in [1.165, 1.54) is 11.3 Å². The van der Waals surface area contributed by atoms with Gasteiger partial charge in [-0.1, -0.05) is 48.6 Å². The molecule has 0 amide bonds. The van der Waals surface area contributed by atoms with E-state index in [1.54, 1.807) is 24.3 Å². The monoisotopic (exact) mass is 469 g/mol. The van der Waals surface area contributed by atoms with E-state index in [9.17, 15) is 5.11 Å². The molecule has 0 bridgehead atoms. The molecular formula is C30H35N3O2. The second-order valence-electron chi connectivity index (χ2n) is 8.23. The van der Waals surface area contributed by atoms with E-state index < -0.39 is 6.29 Å².